The quantitative estimate of drug-likeness (QED) is 0.667. The number of nitrogens with one attached hydrogen (secondary N) is 2. The third-order valence-electron chi connectivity index (χ3n) is 4.65. The SMILES string of the molecule is CN(C)C(CNC(=O)C(=O)Nc1cccc(F)c1)c1cn(C)c2ccccc12. The number of nitrogens with zero attached hydrogens (tertiary/aromatic N) is 2. The van der Waals surface area contributed by atoms with Crippen LogP contribution in [0.1, 0.15) is 11.6 Å². The number of para-hydroxylation sites is 1. The highest BCUT2D eigenvalue weighted by atomic mass is 19.1. The van der Waals surface area contributed by atoms with Gasteiger partial charge in [-0.3, -0.25) is 9.59 Å². The van der Waals surface area contributed by atoms with Crippen molar-refractivity contribution in [2.75, 3.05) is 26.0 Å². The Kier molecular flexibility index (Phi) is 5.75. The summed E-state index contributed by atoms with van der Waals surface area (Å²) in [6, 6.07) is 13.3. The summed E-state index contributed by atoms with van der Waals surface area (Å²) in [5, 5.41) is 6.18. The lowest BCUT2D eigenvalue weighted by molar-refractivity contribution is -0.136. The molecule has 2 aromatic carbocycles. The first kappa shape index (κ1) is 19.6. The molecule has 0 fully saturated rings. The third kappa shape index (κ3) is 4.20. The van der Waals surface area contributed by atoms with E-state index in [9.17, 15) is 14.0 Å². The van der Waals surface area contributed by atoms with Crippen LogP contribution in [0.25, 0.3) is 10.9 Å². The Hall–Kier alpha value is -3.19. The van der Waals surface area contributed by atoms with Gasteiger partial charge in [0.05, 0.1) is 6.04 Å². The minimum Gasteiger partial charge on any atom is -0.350 e. The van der Waals surface area contributed by atoms with Crippen molar-refractivity contribution in [3.05, 3.63) is 66.1 Å². The minimum absolute atomic E-state index is 0.114. The smallest absolute Gasteiger partial charge is 0.313 e. The lowest BCUT2D eigenvalue weighted by Gasteiger charge is -2.24. The Labute approximate surface area is 162 Å². The third-order valence-corrected chi connectivity index (χ3v) is 4.65. The molecule has 0 radical (unpaired) electrons. The molecule has 0 aliphatic heterocycles. The van der Waals surface area contributed by atoms with Gasteiger partial charge >= 0.3 is 11.8 Å². The van der Waals surface area contributed by atoms with Crippen LogP contribution in [0.15, 0.2) is 54.7 Å². The van der Waals surface area contributed by atoms with Crippen LogP contribution in [0, 0.1) is 5.82 Å². The highest BCUT2D eigenvalue weighted by Gasteiger charge is 2.22. The van der Waals surface area contributed by atoms with E-state index in [4.69, 9.17) is 0 Å². The summed E-state index contributed by atoms with van der Waals surface area (Å²) >= 11 is 0. The van der Waals surface area contributed by atoms with Crippen molar-refractivity contribution >= 4 is 28.4 Å². The molecule has 0 aliphatic carbocycles. The number of anilines is 1. The Bertz CT molecular complexity index is 1010. The van der Waals surface area contributed by atoms with Crippen LogP contribution < -0.4 is 10.6 Å². The van der Waals surface area contributed by atoms with Gasteiger partial charge in [-0.2, -0.15) is 0 Å². The van der Waals surface area contributed by atoms with Crippen LogP contribution in [0.2, 0.25) is 0 Å². The fourth-order valence-corrected chi connectivity index (χ4v) is 3.23. The number of halogens is 1. The van der Waals surface area contributed by atoms with E-state index in [1.807, 2.05) is 61.1 Å². The number of carbonyl (C=O) groups is 2. The minimum atomic E-state index is -0.832. The molecule has 28 heavy (non-hydrogen) atoms. The fraction of sp³-hybridized carbons (Fsp3) is 0.238. The molecule has 3 aromatic rings. The van der Waals surface area contributed by atoms with E-state index in [0.717, 1.165) is 22.5 Å². The number of fused-ring (bicyclic) bond motifs is 1. The molecular formula is C21H23FN4O2. The number of carbonyl (C=O) groups excluding carboxylic acids is 2. The second-order valence-corrected chi connectivity index (χ2v) is 6.87. The summed E-state index contributed by atoms with van der Waals surface area (Å²) in [6.45, 7) is 0.260. The van der Waals surface area contributed by atoms with E-state index in [1.165, 1.54) is 18.2 Å². The van der Waals surface area contributed by atoms with Gasteiger partial charge in [-0.25, -0.2) is 4.39 Å². The molecule has 1 unspecified atom stereocenters. The fourth-order valence-electron chi connectivity index (χ4n) is 3.23. The summed E-state index contributed by atoms with van der Waals surface area (Å²) in [4.78, 5) is 26.3. The van der Waals surface area contributed by atoms with Gasteiger partial charge in [0, 0.05) is 36.4 Å². The first-order chi connectivity index (χ1) is 13.4. The van der Waals surface area contributed by atoms with Crippen molar-refractivity contribution in [2.24, 2.45) is 7.05 Å². The van der Waals surface area contributed by atoms with Crippen LogP contribution >= 0.6 is 0 Å². The average Bonchev–Trinajstić information content (AvgIpc) is 2.98. The van der Waals surface area contributed by atoms with E-state index < -0.39 is 17.6 Å². The molecule has 0 saturated heterocycles. The lowest BCUT2D eigenvalue weighted by Crippen LogP contribution is -2.40. The largest absolute Gasteiger partial charge is 0.350 e. The van der Waals surface area contributed by atoms with Gasteiger partial charge in [0.25, 0.3) is 0 Å². The van der Waals surface area contributed by atoms with Crippen molar-refractivity contribution in [1.82, 2.24) is 14.8 Å². The topological polar surface area (TPSA) is 66.4 Å². The summed E-state index contributed by atoms with van der Waals surface area (Å²) in [5.74, 6) is -2.08. The molecule has 146 valence electrons. The second-order valence-electron chi connectivity index (χ2n) is 6.87. The van der Waals surface area contributed by atoms with Crippen LogP contribution in [-0.4, -0.2) is 41.9 Å². The molecule has 1 atom stereocenters. The molecule has 0 spiro atoms. The number of aryl methyl sites for hydroxylation is 1. The van der Waals surface area contributed by atoms with Gasteiger partial charge in [-0.15, -0.1) is 0 Å². The van der Waals surface area contributed by atoms with Gasteiger partial charge in [0.15, 0.2) is 0 Å². The number of amides is 2. The molecule has 0 bridgehead atoms. The first-order valence-corrected chi connectivity index (χ1v) is 8.92. The monoisotopic (exact) mass is 382 g/mol. The second kappa shape index (κ2) is 8.22. The highest BCUT2D eigenvalue weighted by molar-refractivity contribution is 6.39. The molecule has 0 saturated carbocycles. The van der Waals surface area contributed by atoms with Crippen LogP contribution in [0.4, 0.5) is 10.1 Å². The van der Waals surface area contributed by atoms with Gasteiger partial charge < -0.3 is 20.1 Å². The molecular weight excluding hydrogens is 359 g/mol. The number of hydrogen-bond donors (Lipinski definition) is 2. The van der Waals surface area contributed by atoms with E-state index in [1.54, 1.807) is 0 Å². The predicted octanol–water partition coefficient (Wildman–Crippen LogP) is 2.68. The van der Waals surface area contributed by atoms with Gasteiger partial charge in [0.1, 0.15) is 5.82 Å². The summed E-state index contributed by atoms with van der Waals surface area (Å²) in [6.07, 6.45) is 2.04. The number of aromatic nitrogens is 1. The molecule has 1 heterocycles. The van der Waals surface area contributed by atoms with Gasteiger partial charge in [-0.05, 0) is 43.9 Å². The number of likely N-dealkylation sites (N-methyl/N-ethyl adjacent to an activating group) is 1. The highest BCUT2D eigenvalue weighted by Crippen LogP contribution is 2.28. The zero-order valence-corrected chi connectivity index (χ0v) is 16.1. The zero-order chi connectivity index (χ0) is 20.3. The zero-order valence-electron chi connectivity index (χ0n) is 16.1. The molecule has 2 amide bonds. The van der Waals surface area contributed by atoms with E-state index in [2.05, 4.69) is 10.6 Å². The summed E-state index contributed by atoms with van der Waals surface area (Å²) in [7, 11) is 5.82. The van der Waals surface area contributed by atoms with E-state index in [0.29, 0.717) is 0 Å². The average molecular weight is 382 g/mol. The molecule has 0 aliphatic rings. The predicted molar refractivity (Wildman–Crippen MR) is 107 cm³/mol. The van der Waals surface area contributed by atoms with Gasteiger partial charge in [-0.1, -0.05) is 24.3 Å². The maximum Gasteiger partial charge on any atom is 0.313 e. The van der Waals surface area contributed by atoms with Crippen molar-refractivity contribution in [3.63, 3.8) is 0 Å². The van der Waals surface area contributed by atoms with E-state index in [-0.39, 0.29) is 18.3 Å². The molecule has 6 nitrogen and oxygen atoms in total. The van der Waals surface area contributed by atoms with Crippen molar-refractivity contribution in [3.8, 4) is 0 Å². The Balaban J connectivity index is 1.71. The van der Waals surface area contributed by atoms with Crippen LogP contribution in [0.3, 0.4) is 0 Å². The Morgan fingerprint density at radius 1 is 1.11 bits per heavy atom. The standard InChI is InChI=1S/C21H23FN4O2/c1-25(2)19(17-13-26(3)18-10-5-4-9-16(17)18)12-23-20(27)21(28)24-15-8-6-7-14(22)11-15/h4-11,13,19H,12H2,1-3H3,(H,23,27)(H,24,28). The van der Waals surface area contributed by atoms with Gasteiger partial charge in [0.2, 0.25) is 0 Å². The van der Waals surface area contributed by atoms with Crippen LogP contribution in [-0.2, 0) is 16.6 Å². The maximum absolute atomic E-state index is 13.2. The molecule has 2 N–H and O–H groups in total. The Morgan fingerprint density at radius 2 is 1.86 bits per heavy atom. The molecule has 1 aromatic heterocycles. The van der Waals surface area contributed by atoms with Crippen molar-refractivity contribution in [2.45, 2.75) is 6.04 Å². The van der Waals surface area contributed by atoms with E-state index >= 15 is 0 Å². The molecule has 3 rings (SSSR count). The van der Waals surface area contributed by atoms with Crippen LogP contribution in [0.5, 0.6) is 0 Å². The maximum atomic E-state index is 13.2. The van der Waals surface area contributed by atoms with Crippen molar-refractivity contribution in [1.29, 1.82) is 0 Å². The normalized spacial score (nSPS) is 12.2. The van der Waals surface area contributed by atoms with Crippen molar-refractivity contribution < 1.29 is 14.0 Å². The molecule has 7 heteroatoms. The number of rotatable bonds is 5. The number of hydrogen-bond acceptors (Lipinski definition) is 3. The number of benzene rings is 2. The summed E-state index contributed by atoms with van der Waals surface area (Å²) in [5.41, 5.74) is 2.40. The lowest BCUT2D eigenvalue weighted by atomic mass is 10.0. The Morgan fingerprint density at radius 3 is 2.57 bits per heavy atom. The first-order valence-electron chi connectivity index (χ1n) is 8.92. The summed E-state index contributed by atoms with van der Waals surface area (Å²) < 4.78 is 15.3.